The molecule has 24 heavy (non-hydrogen) atoms. The molecule has 0 aliphatic heterocycles. The van der Waals surface area contributed by atoms with Crippen LogP contribution in [0.15, 0.2) is 47.4 Å². The molecule has 8 heteroatoms. The maximum Gasteiger partial charge on any atom is 0.306 e. The van der Waals surface area contributed by atoms with Crippen LogP contribution in [0, 0.1) is 15.9 Å². The summed E-state index contributed by atoms with van der Waals surface area (Å²) in [4.78, 5) is 23.0. The van der Waals surface area contributed by atoms with Crippen LogP contribution in [0.5, 0.6) is 5.75 Å². The molecule has 0 fully saturated rings. The molecule has 0 saturated carbocycles. The van der Waals surface area contributed by atoms with Gasteiger partial charge in [-0.25, -0.2) is 0 Å². The van der Waals surface area contributed by atoms with Gasteiger partial charge in [0.1, 0.15) is 5.75 Å². The van der Waals surface area contributed by atoms with E-state index in [1.165, 1.54) is 17.8 Å². The van der Waals surface area contributed by atoms with Crippen molar-refractivity contribution in [2.45, 2.75) is 17.1 Å². The Morgan fingerprint density at radius 3 is 2.54 bits per heavy atom. The van der Waals surface area contributed by atoms with Crippen LogP contribution in [-0.2, 0) is 4.79 Å². The summed E-state index contributed by atoms with van der Waals surface area (Å²) in [5.41, 5.74) is -0.501. The smallest absolute Gasteiger partial charge is 0.306 e. The summed E-state index contributed by atoms with van der Waals surface area (Å²) in [5.74, 6) is -0.564. The van der Waals surface area contributed by atoms with Gasteiger partial charge in [0, 0.05) is 16.6 Å². The molecule has 0 aromatic heterocycles. The fourth-order valence-electron chi connectivity index (χ4n) is 1.89. The number of nitro benzene ring substituents is 1. The number of amides is 1. The van der Waals surface area contributed by atoms with E-state index < -0.39 is 21.7 Å². The van der Waals surface area contributed by atoms with Crippen molar-refractivity contribution in [1.29, 1.82) is 0 Å². The van der Waals surface area contributed by atoms with Crippen LogP contribution >= 0.6 is 11.8 Å². The van der Waals surface area contributed by atoms with E-state index in [2.05, 4.69) is 5.32 Å². The van der Waals surface area contributed by atoms with Crippen molar-refractivity contribution in [1.82, 2.24) is 0 Å². The van der Waals surface area contributed by atoms with E-state index in [4.69, 9.17) is 4.74 Å². The number of carbonyl (C=O) groups is 1. The van der Waals surface area contributed by atoms with Crippen molar-refractivity contribution in [3.8, 4) is 5.75 Å². The molecule has 0 radical (unpaired) electrons. The van der Waals surface area contributed by atoms with Crippen LogP contribution in [-0.4, -0.2) is 23.2 Å². The number of rotatable bonds is 6. The van der Waals surface area contributed by atoms with Crippen molar-refractivity contribution in [3.63, 3.8) is 0 Å². The lowest BCUT2D eigenvalue weighted by Crippen LogP contribution is -2.22. The fraction of sp³-hybridized carbons (Fsp3) is 0.188. The van der Waals surface area contributed by atoms with Crippen molar-refractivity contribution in [3.05, 3.63) is 58.4 Å². The van der Waals surface area contributed by atoms with Gasteiger partial charge in [-0.2, -0.15) is 4.39 Å². The Bertz CT molecular complexity index is 752. The number of hydrogen-bond donors (Lipinski definition) is 1. The SMILES string of the molecule is COc1ccc(SC(C)C(=O)Nc2ccc(F)c([N+](=O)[O-])c2)cc1. The van der Waals surface area contributed by atoms with Crippen LogP contribution < -0.4 is 10.1 Å². The zero-order valence-corrected chi connectivity index (χ0v) is 13.8. The number of nitro groups is 1. The van der Waals surface area contributed by atoms with Gasteiger partial charge in [-0.1, -0.05) is 0 Å². The summed E-state index contributed by atoms with van der Waals surface area (Å²) in [7, 11) is 1.57. The lowest BCUT2D eigenvalue weighted by molar-refractivity contribution is -0.387. The molecule has 0 spiro atoms. The van der Waals surface area contributed by atoms with Gasteiger partial charge in [0.05, 0.1) is 17.3 Å². The average molecular weight is 350 g/mol. The zero-order chi connectivity index (χ0) is 17.7. The molecule has 0 bridgehead atoms. The first kappa shape index (κ1) is 17.7. The van der Waals surface area contributed by atoms with E-state index in [0.29, 0.717) is 0 Å². The number of nitrogens with one attached hydrogen (secondary N) is 1. The van der Waals surface area contributed by atoms with E-state index in [1.54, 1.807) is 26.2 Å². The van der Waals surface area contributed by atoms with Crippen LogP contribution in [0.25, 0.3) is 0 Å². The number of ether oxygens (including phenoxy) is 1. The van der Waals surface area contributed by atoms with Crippen molar-refractivity contribution < 1.29 is 18.8 Å². The fourth-order valence-corrected chi connectivity index (χ4v) is 2.75. The first-order valence-electron chi connectivity index (χ1n) is 6.96. The summed E-state index contributed by atoms with van der Waals surface area (Å²) >= 11 is 1.33. The van der Waals surface area contributed by atoms with Gasteiger partial charge in [-0.3, -0.25) is 14.9 Å². The first-order valence-corrected chi connectivity index (χ1v) is 7.84. The number of nitrogens with zero attached hydrogens (tertiary/aromatic N) is 1. The molecule has 1 atom stereocenters. The lowest BCUT2D eigenvalue weighted by Gasteiger charge is -2.12. The average Bonchev–Trinajstić information content (AvgIpc) is 2.57. The molecular formula is C16H15FN2O4S. The van der Waals surface area contributed by atoms with Gasteiger partial charge < -0.3 is 10.1 Å². The Morgan fingerprint density at radius 2 is 1.96 bits per heavy atom. The maximum absolute atomic E-state index is 13.3. The highest BCUT2D eigenvalue weighted by Crippen LogP contribution is 2.27. The van der Waals surface area contributed by atoms with E-state index in [0.717, 1.165) is 22.8 Å². The number of carbonyl (C=O) groups excluding carboxylic acids is 1. The number of halogens is 1. The molecule has 126 valence electrons. The predicted octanol–water partition coefficient (Wildman–Crippen LogP) is 3.86. The Balaban J connectivity index is 2.03. The van der Waals surface area contributed by atoms with E-state index in [-0.39, 0.29) is 11.6 Å². The summed E-state index contributed by atoms with van der Waals surface area (Å²) in [6, 6.07) is 10.5. The predicted molar refractivity (Wildman–Crippen MR) is 90.0 cm³/mol. The third-order valence-corrected chi connectivity index (χ3v) is 4.26. The molecule has 2 aromatic rings. The maximum atomic E-state index is 13.3. The van der Waals surface area contributed by atoms with Gasteiger partial charge in [0.2, 0.25) is 11.7 Å². The Morgan fingerprint density at radius 1 is 1.29 bits per heavy atom. The zero-order valence-electron chi connectivity index (χ0n) is 13.0. The third kappa shape index (κ3) is 4.45. The minimum Gasteiger partial charge on any atom is -0.497 e. The highest BCUT2D eigenvalue weighted by Gasteiger charge is 2.18. The first-order chi connectivity index (χ1) is 11.4. The van der Waals surface area contributed by atoms with Gasteiger partial charge >= 0.3 is 5.69 Å². The monoisotopic (exact) mass is 350 g/mol. The third-order valence-electron chi connectivity index (χ3n) is 3.15. The standard InChI is InChI=1S/C16H15FN2O4S/c1-10(24-13-6-4-12(23-2)5-7-13)16(20)18-11-3-8-14(17)15(9-11)19(21)22/h3-10H,1-2H3,(H,18,20). The molecule has 1 amide bonds. The van der Waals surface area contributed by atoms with Crippen molar-refractivity contribution in [2.24, 2.45) is 0 Å². The molecule has 0 heterocycles. The summed E-state index contributed by atoms with van der Waals surface area (Å²) in [5, 5.41) is 12.8. The second-order valence-corrected chi connectivity index (χ2v) is 6.26. The number of methoxy groups -OCH3 is 1. The van der Waals surface area contributed by atoms with Crippen LogP contribution in [0.4, 0.5) is 15.8 Å². The summed E-state index contributed by atoms with van der Waals surface area (Å²) < 4.78 is 18.4. The van der Waals surface area contributed by atoms with Gasteiger partial charge in [0.15, 0.2) is 0 Å². The Hall–Kier alpha value is -2.61. The molecule has 0 aliphatic carbocycles. The molecule has 6 nitrogen and oxygen atoms in total. The molecular weight excluding hydrogens is 335 g/mol. The van der Waals surface area contributed by atoms with Crippen LogP contribution in [0.2, 0.25) is 0 Å². The lowest BCUT2D eigenvalue weighted by atomic mass is 10.2. The minimum atomic E-state index is -0.946. The highest BCUT2D eigenvalue weighted by molar-refractivity contribution is 8.00. The Kier molecular flexibility index (Phi) is 5.75. The second-order valence-electron chi connectivity index (χ2n) is 4.85. The Labute approximate surface area is 142 Å². The van der Waals surface area contributed by atoms with Gasteiger partial charge in [-0.15, -0.1) is 11.8 Å². The van der Waals surface area contributed by atoms with E-state index in [9.17, 15) is 19.3 Å². The van der Waals surface area contributed by atoms with E-state index in [1.807, 2.05) is 12.1 Å². The minimum absolute atomic E-state index is 0.176. The van der Waals surface area contributed by atoms with Crippen LogP contribution in [0.3, 0.4) is 0 Å². The molecule has 2 aromatic carbocycles. The number of thioether (sulfide) groups is 1. The normalized spacial score (nSPS) is 11.6. The number of benzene rings is 2. The van der Waals surface area contributed by atoms with Gasteiger partial charge in [0.25, 0.3) is 0 Å². The van der Waals surface area contributed by atoms with Crippen LogP contribution in [0.1, 0.15) is 6.92 Å². The number of hydrogen-bond acceptors (Lipinski definition) is 5. The number of anilines is 1. The molecule has 1 unspecified atom stereocenters. The van der Waals surface area contributed by atoms with E-state index >= 15 is 0 Å². The molecule has 0 saturated heterocycles. The molecule has 0 aliphatic rings. The molecule has 2 rings (SSSR count). The van der Waals surface area contributed by atoms with Crippen molar-refractivity contribution >= 4 is 29.0 Å². The topological polar surface area (TPSA) is 81.5 Å². The van der Waals surface area contributed by atoms with Gasteiger partial charge in [-0.05, 0) is 43.3 Å². The summed E-state index contributed by atoms with van der Waals surface area (Å²) in [6.07, 6.45) is 0. The second kappa shape index (κ2) is 7.78. The van der Waals surface area contributed by atoms with Crippen molar-refractivity contribution in [2.75, 3.05) is 12.4 Å². The summed E-state index contributed by atoms with van der Waals surface area (Å²) in [6.45, 7) is 1.71. The largest absolute Gasteiger partial charge is 0.497 e. The highest BCUT2D eigenvalue weighted by atomic mass is 32.2. The molecule has 1 N–H and O–H groups in total. The quantitative estimate of drug-likeness (QED) is 0.486.